The summed E-state index contributed by atoms with van der Waals surface area (Å²) in [5.41, 5.74) is 7.04. The lowest BCUT2D eigenvalue weighted by Crippen LogP contribution is -2.47. The molecule has 0 aliphatic rings. The zero-order chi connectivity index (χ0) is 14.8. The molecule has 0 aliphatic heterocycles. The number of hydrogen-bond acceptors (Lipinski definition) is 4. The Bertz CT molecular complexity index is 470. The summed E-state index contributed by atoms with van der Waals surface area (Å²) in [4.78, 5) is 16.0. The van der Waals surface area contributed by atoms with Crippen LogP contribution in [0.1, 0.15) is 24.2 Å². The van der Waals surface area contributed by atoms with Gasteiger partial charge < -0.3 is 20.6 Å². The van der Waals surface area contributed by atoms with Crippen molar-refractivity contribution in [1.82, 2.24) is 4.90 Å². The van der Waals surface area contributed by atoms with Gasteiger partial charge in [-0.3, -0.25) is 4.79 Å². The minimum atomic E-state index is -0.620. The second-order valence-electron chi connectivity index (χ2n) is 5.51. The van der Waals surface area contributed by atoms with Crippen molar-refractivity contribution in [3.8, 4) is 0 Å². The first-order valence-corrected chi connectivity index (χ1v) is 6.16. The van der Waals surface area contributed by atoms with Gasteiger partial charge in [-0.15, -0.1) is 0 Å². The first-order valence-electron chi connectivity index (χ1n) is 6.16. The van der Waals surface area contributed by atoms with Crippen LogP contribution in [0.15, 0.2) is 18.2 Å². The van der Waals surface area contributed by atoms with Crippen LogP contribution in [0.5, 0.6) is 0 Å². The van der Waals surface area contributed by atoms with Crippen LogP contribution < -0.4 is 10.6 Å². The number of hydrogen-bond donors (Lipinski definition) is 2. The molecule has 1 rings (SSSR count). The van der Waals surface area contributed by atoms with Gasteiger partial charge in [-0.05, 0) is 32.0 Å². The highest BCUT2D eigenvalue weighted by molar-refractivity contribution is 6.00. The van der Waals surface area contributed by atoms with Crippen molar-refractivity contribution < 1.29 is 9.90 Å². The first kappa shape index (κ1) is 15.3. The summed E-state index contributed by atoms with van der Waals surface area (Å²) in [5, 5.41) is 9.36. The quantitative estimate of drug-likeness (QED) is 0.802. The van der Waals surface area contributed by atoms with Crippen molar-refractivity contribution in [2.24, 2.45) is 0 Å². The second-order valence-corrected chi connectivity index (χ2v) is 5.51. The van der Waals surface area contributed by atoms with Crippen LogP contribution in [-0.4, -0.2) is 49.2 Å². The van der Waals surface area contributed by atoms with Crippen molar-refractivity contribution in [3.63, 3.8) is 0 Å². The van der Waals surface area contributed by atoms with Gasteiger partial charge in [0, 0.05) is 32.5 Å². The Morgan fingerprint density at radius 1 is 1.32 bits per heavy atom. The van der Waals surface area contributed by atoms with E-state index in [-0.39, 0.29) is 12.5 Å². The van der Waals surface area contributed by atoms with E-state index < -0.39 is 5.54 Å². The zero-order valence-corrected chi connectivity index (χ0v) is 12.3. The molecule has 5 nitrogen and oxygen atoms in total. The van der Waals surface area contributed by atoms with Crippen LogP contribution in [0.4, 0.5) is 11.4 Å². The van der Waals surface area contributed by atoms with Crippen LogP contribution in [0, 0.1) is 0 Å². The predicted molar refractivity (Wildman–Crippen MR) is 78.4 cm³/mol. The minimum Gasteiger partial charge on any atom is -0.399 e. The Balaban J connectivity index is 3.22. The van der Waals surface area contributed by atoms with Gasteiger partial charge in [0.2, 0.25) is 0 Å². The molecule has 0 saturated carbocycles. The van der Waals surface area contributed by atoms with E-state index in [1.54, 1.807) is 19.2 Å². The number of anilines is 2. The SMILES string of the molecule is CN(C)c1ccc(N)cc1C(=O)N(C)C(C)(C)CO. The van der Waals surface area contributed by atoms with Gasteiger partial charge in [0.25, 0.3) is 5.91 Å². The molecule has 3 N–H and O–H groups in total. The highest BCUT2D eigenvalue weighted by Gasteiger charge is 2.29. The summed E-state index contributed by atoms with van der Waals surface area (Å²) in [6, 6.07) is 5.26. The largest absolute Gasteiger partial charge is 0.399 e. The molecule has 106 valence electrons. The maximum Gasteiger partial charge on any atom is 0.256 e. The number of aliphatic hydroxyl groups excluding tert-OH is 1. The van der Waals surface area contributed by atoms with E-state index in [2.05, 4.69) is 0 Å². The normalized spacial score (nSPS) is 11.3. The molecule has 0 fully saturated rings. The number of aliphatic hydroxyl groups is 1. The Morgan fingerprint density at radius 2 is 1.89 bits per heavy atom. The van der Waals surface area contributed by atoms with Gasteiger partial charge in [-0.1, -0.05) is 0 Å². The van der Waals surface area contributed by atoms with Crippen LogP contribution in [0.3, 0.4) is 0 Å². The number of nitrogen functional groups attached to an aromatic ring is 1. The molecule has 1 amide bonds. The lowest BCUT2D eigenvalue weighted by atomic mass is 10.0. The van der Waals surface area contributed by atoms with E-state index in [4.69, 9.17) is 5.73 Å². The van der Waals surface area contributed by atoms with Crippen molar-refractivity contribution in [1.29, 1.82) is 0 Å². The molecule has 1 aromatic carbocycles. The standard InChI is InChI=1S/C14H23N3O2/c1-14(2,9-18)17(5)13(19)11-8-10(15)6-7-12(11)16(3)4/h6-8,18H,9,15H2,1-5H3. The Morgan fingerprint density at radius 3 is 2.37 bits per heavy atom. The van der Waals surface area contributed by atoms with Crippen molar-refractivity contribution in [3.05, 3.63) is 23.8 Å². The average Bonchev–Trinajstić information content (AvgIpc) is 2.36. The van der Waals surface area contributed by atoms with Gasteiger partial charge in [-0.2, -0.15) is 0 Å². The van der Waals surface area contributed by atoms with Gasteiger partial charge in [-0.25, -0.2) is 0 Å². The monoisotopic (exact) mass is 265 g/mol. The van der Waals surface area contributed by atoms with E-state index in [1.165, 1.54) is 4.90 Å². The summed E-state index contributed by atoms with van der Waals surface area (Å²) in [7, 11) is 5.43. The summed E-state index contributed by atoms with van der Waals surface area (Å²) >= 11 is 0. The number of nitrogens with two attached hydrogens (primary N) is 1. The minimum absolute atomic E-state index is 0.102. The highest BCUT2D eigenvalue weighted by atomic mass is 16.3. The fourth-order valence-corrected chi connectivity index (χ4v) is 1.68. The number of benzene rings is 1. The third-order valence-corrected chi connectivity index (χ3v) is 3.33. The second kappa shape index (κ2) is 5.48. The number of rotatable bonds is 4. The van der Waals surface area contributed by atoms with Crippen LogP contribution >= 0.6 is 0 Å². The third-order valence-electron chi connectivity index (χ3n) is 3.33. The molecule has 0 atom stereocenters. The summed E-state index contributed by atoms with van der Waals surface area (Å²) in [6.45, 7) is 3.52. The maximum absolute atomic E-state index is 12.6. The van der Waals surface area contributed by atoms with Gasteiger partial charge in [0.15, 0.2) is 0 Å². The van der Waals surface area contributed by atoms with Gasteiger partial charge >= 0.3 is 0 Å². The van der Waals surface area contributed by atoms with Gasteiger partial charge in [0.05, 0.1) is 17.7 Å². The lowest BCUT2D eigenvalue weighted by molar-refractivity contribution is 0.0474. The molecule has 0 saturated heterocycles. The van der Waals surface area contributed by atoms with Crippen LogP contribution in [0.25, 0.3) is 0 Å². The molecule has 0 aliphatic carbocycles. The molecule has 5 heteroatoms. The van der Waals surface area contributed by atoms with E-state index in [1.807, 2.05) is 38.9 Å². The van der Waals surface area contributed by atoms with Crippen molar-refractivity contribution in [2.45, 2.75) is 19.4 Å². The topological polar surface area (TPSA) is 69.8 Å². The molecule has 0 unspecified atom stereocenters. The molecule has 19 heavy (non-hydrogen) atoms. The molecule has 0 bridgehead atoms. The number of carbonyl (C=O) groups is 1. The molecule has 0 spiro atoms. The first-order chi connectivity index (χ1) is 8.70. The predicted octanol–water partition coefficient (Wildman–Crippen LogP) is 1.18. The smallest absolute Gasteiger partial charge is 0.256 e. The van der Waals surface area contributed by atoms with E-state index in [9.17, 15) is 9.90 Å². The summed E-state index contributed by atoms with van der Waals surface area (Å²) in [6.07, 6.45) is 0. The number of carbonyl (C=O) groups excluding carboxylic acids is 1. The van der Waals surface area contributed by atoms with E-state index in [0.29, 0.717) is 11.3 Å². The average molecular weight is 265 g/mol. The fraction of sp³-hybridized carbons (Fsp3) is 0.500. The summed E-state index contributed by atoms with van der Waals surface area (Å²) in [5.74, 6) is -0.157. The Kier molecular flexibility index (Phi) is 4.42. The highest BCUT2D eigenvalue weighted by Crippen LogP contribution is 2.25. The molecule has 0 aromatic heterocycles. The Labute approximate surface area is 114 Å². The number of likely N-dealkylation sites (N-methyl/N-ethyl adjacent to an activating group) is 1. The lowest BCUT2D eigenvalue weighted by Gasteiger charge is -2.34. The van der Waals surface area contributed by atoms with E-state index >= 15 is 0 Å². The third kappa shape index (κ3) is 3.17. The zero-order valence-electron chi connectivity index (χ0n) is 12.3. The number of nitrogens with zero attached hydrogens (tertiary/aromatic N) is 2. The molecule has 0 heterocycles. The van der Waals surface area contributed by atoms with Crippen LogP contribution in [0.2, 0.25) is 0 Å². The molecule has 0 radical (unpaired) electrons. The number of amides is 1. The molecular formula is C14H23N3O2. The Hall–Kier alpha value is -1.75. The molecular weight excluding hydrogens is 242 g/mol. The molecule has 1 aromatic rings. The maximum atomic E-state index is 12.6. The van der Waals surface area contributed by atoms with E-state index in [0.717, 1.165) is 5.69 Å². The fourth-order valence-electron chi connectivity index (χ4n) is 1.68. The van der Waals surface area contributed by atoms with Crippen molar-refractivity contribution >= 4 is 17.3 Å². The summed E-state index contributed by atoms with van der Waals surface area (Å²) < 4.78 is 0. The van der Waals surface area contributed by atoms with Crippen molar-refractivity contribution in [2.75, 3.05) is 38.4 Å². The van der Waals surface area contributed by atoms with Gasteiger partial charge in [0.1, 0.15) is 0 Å². The van der Waals surface area contributed by atoms with Crippen LogP contribution in [-0.2, 0) is 0 Å².